The highest BCUT2D eigenvalue weighted by Crippen LogP contribution is 2.34. The second-order valence-electron chi connectivity index (χ2n) is 8.83. The van der Waals surface area contributed by atoms with Crippen molar-refractivity contribution in [3.05, 3.63) is 101 Å². The summed E-state index contributed by atoms with van der Waals surface area (Å²) in [5.41, 5.74) is 6.49. The van der Waals surface area contributed by atoms with Crippen molar-refractivity contribution >= 4 is 23.1 Å². The Morgan fingerprint density at radius 1 is 0.765 bits per heavy atom. The molecular weight excluding hydrogens is 424 g/mol. The van der Waals surface area contributed by atoms with Crippen LogP contribution in [-0.2, 0) is 16.1 Å². The first-order valence-electron chi connectivity index (χ1n) is 11.7. The Morgan fingerprint density at radius 3 is 2.15 bits per heavy atom. The van der Waals surface area contributed by atoms with E-state index < -0.39 is 0 Å². The molecule has 1 fully saturated rings. The number of carbonyl (C=O) groups excluding carboxylic acids is 2. The van der Waals surface area contributed by atoms with Gasteiger partial charge in [-0.25, -0.2) is 0 Å². The fourth-order valence-electron chi connectivity index (χ4n) is 4.79. The number of nitrogens with zero attached hydrogens (tertiary/aromatic N) is 4. The van der Waals surface area contributed by atoms with Crippen molar-refractivity contribution in [2.24, 2.45) is 0 Å². The monoisotopic (exact) mass is 452 g/mol. The van der Waals surface area contributed by atoms with Gasteiger partial charge in [0.1, 0.15) is 5.70 Å². The van der Waals surface area contributed by atoms with Crippen LogP contribution in [0.5, 0.6) is 0 Å². The third kappa shape index (κ3) is 3.96. The second kappa shape index (κ2) is 9.14. The number of piperazine rings is 1. The molecule has 0 atom stereocenters. The average molecular weight is 453 g/mol. The van der Waals surface area contributed by atoms with Gasteiger partial charge in [0.05, 0.1) is 12.1 Å². The molecule has 1 aromatic heterocycles. The molecular formula is C28H28N4O2. The quantitative estimate of drug-likeness (QED) is 0.551. The maximum absolute atomic E-state index is 13.6. The van der Waals surface area contributed by atoms with Crippen LogP contribution < -0.4 is 4.90 Å². The third-order valence-electron chi connectivity index (χ3n) is 6.81. The number of aryl methyl sites for hydroxylation is 1. The van der Waals surface area contributed by atoms with E-state index in [1.165, 1.54) is 21.7 Å². The van der Waals surface area contributed by atoms with Crippen LogP contribution in [0.15, 0.2) is 78.8 Å². The fourth-order valence-corrected chi connectivity index (χ4v) is 4.79. The molecule has 3 heterocycles. The molecule has 2 aliphatic heterocycles. The van der Waals surface area contributed by atoms with Gasteiger partial charge in [-0.2, -0.15) is 0 Å². The maximum atomic E-state index is 13.6. The highest BCUT2D eigenvalue weighted by Gasteiger charge is 2.42. The van der Waals surface area contributed by atoms with Crippen molar-refractivity contribution < 1.29 is 9.59 Å². The van der Waals surface area contributed by atoms with Crippen LogP contribution in [0.4, 0.5) is 5.69 Å². The molecule has 0 N–H and O–H groups in total. The zero-order valence-corrected chi connectivity index (χ0v) is 19.6. The Kier molecular flexibility index (Phi) is 5.88. The molecule has 0 bridgehead atoms. The van der Waals surface area contributed by atoms with Crippen LogP contribution in [0.2, 0.25) is 0 Å². The number of carbonyl (C=O) groups is 2. The number of amides is 2. The number of rotatable bonds is 5. The molecule has 1 saturated heterocycles. The number of pyridine rings is 1. The summed E-state index contributed by atoms with van der Waals surface area (Å²) in [6.07, 6.45) is 3.36. The summed E-state index contributed by atoms with van der Waals surface area (Å²) in [6.45, 7) is 7.48. The van der Waals surface area contributed by atoms with E-state index >= 15 is 0 Å². The van der Waals surface area contributed by atoms with E-state index in [1.807, 2.05) is 42.5 Å². The lowest BCUT2D eigenvalue weighted by atomic mass is 10.0. The van der Waals surface area contributed by atoms with E-state index in [0.717, 1.165) is 24.2 Å². The number of anilines is 1. The Hall–Kier alpha value is -3.93. The van der Waals surface area contributed by atoms with Gasteiger partial charge in [-0.1, -0.05) is 42.5 Å². The highest BCUT2D eigenvalue weighted by atomic mass is 16.2. The van der Waals surface area contributed by atoms with Gasteiger partial charge >= 0.3 is 0 Å². The fraction of sp³-hybridized carbons (Fsp3) is 0.250. The molecule has 2 aliphatic rings. The summed E-state index contributed by atoms with van der Waals surface area (Å²) in [6, 6.07) is 19.6. The van der Waals surface area contributed by atoms with Crippen LogP contribution in [0.3, 0.4) is 0 Å². The van der Waals surface area contributed by atoms with Gasteiger partial charge in [-0.15, -0.1) is 0 Å². The van der Waals surface area contributed by atoms with E-state index in [0.29, 0.717) is 24.4 Å². The number of benzene rings is 2. The average Bonchev–Trinajstić information content (AvgIpc) is 3.12. The molecule has 5 rings (SSSR count). The standard InChI is InChI=1S/C28H28N4O2/c1-20-7-6-10-24(21(20)2)30-15-17-31(18-16-30)26-25(23-8-4-3-5-9-23)27(33)32(28(26)34)19-22-11-13-29-14-12-22/h3-14H,15-19H2,1-2H3. The predicted molar refractivity (Wildman–Crippen MR) is 133 cm³/mol. The van der Waals surface area contributed by atoms with Gasteiger partial charge in [0.2, 0.25) is 0 Å². The minimum atomic E-state index is -0.236. The Labute approximate surface area is 200 Å². The van der Waals surface area contributed by atoms with Crippen molar-refractivity contribution in [2.75, 3.05) is 31.1 Å². The SMILES string of the molecule is Cc1cccc(N2CCN(C3=C(c4ccccc4)C(=O)N(Cc4ccncc4)C3=O)CC2)c1C. The molecule has 34 heavy (non-hydrogen) atoms. The molecule has 0 spiro atoms. The van der Waals surface area contributed by atoms with Gasteiger partial charge in [-0.05, 0) is 54.3 Å². The summed E-state index contributed by atoms with van der Waals surface area (Å²) in [4.78, 5) is 37.0. The Balaban J connectivity index is 1.44. The van der Waals surface area contributed by atoms with Crippen LogP contribution >= 0.6 is 0 Å². The molecule has 6 nitrogen and oxygen atoms in total. The van der Waals surface area contributed by atoms with E-state index in [2.05, 4.69) is 46.8 Å². The number of aromatic nitrogens is 1. The van der Waals surface area contributed by atoms with E-state index in [1.54, 1.807) is 12.4 Å². The summed E-state index contributed by atoms with van der Waals surface area (Å²) in [7, 11) is 0. The molecule has 0 radical (unpaired) electrons. The Morgan fingerprint density at radius 2 is 1.44 bits per heavy atom. The summed E-state index contributed by atoms with van der Waals surface area (Å²) in [5, 5.41) is 0. The lowest BCUT2D eigenvalue weighted by molar-refractivity contribution is -0.138. The zero-order chi connectivity index (χ0) is 23.7. The highest BCUT2D eigenvalue weighted by molar-refractivity contribution is 6.35. The van der Waals surface area contributed by atoms with Gasteiger partial charge < -0.3 is 9.80 Å². The third-order valence-corrected chi connectivity index (χ3v) is 6.81. The van der Waals surface area contributed by atoms with Crippen molar-refractivity contribution in [1.82, 2.24) is 14.8 Å². The first-order chi connectivity index (χ1) is 16.5. The van der Waals surface area contributed by atoms with Crippen molar-refractivity contribution in [3.8, 4) is 0 Å². The van der Waals surface area contributed by atoms with Gasteiger partial charge in [0.25, 0.3) is 11.8 Å². The smallest absolute Gasteiger partial charge is 0.278 e. The number of imide groups is 1. The number of hydrogen-bond donors (Lipinski definition) is 0. The lowest BCUT2D eigenvalue weighted by Gasteiger charge is -2.38. The van der Waals surface area contributed by atoms with Crippen LogP contribution in [0.1, 0.15) is 22.3 Å². The maximum Gasteiger partial charge on any atom is 0.278 e. The summed E-state index contributed by atoms with van der Waals surface area (Å²) >= 11 is 0. The molecule has 6 heteroatoms. The van der Waals surface area contributed by atoms with E-state index in [4.69, 9.17) is 0 Å². The minimum absolute atomic E-state index is 0.221. The number of hydrogen-bond acceptors (Lipinski definition) is 5. The normalized spacial score (nSPS) is 16.6. The lowest BCUT2D eigenvalue weighted by Crippen LogP contribution is -2.47. The summed E-state index contributed by atoms with van der Waals surface area (Å²) in [5.74, 6) is -0.458. The van der Waals surface area contributed by atoms with Gasteiger partial charge in [0, 0.05) is 44.3 Å². The zero-order valence-electron chi connectivity index (χ0n) is 19.6. The van der Waals surface area contributed by atoms with E-state index in [9.17, 15) is 9.59 Å². The predicted octanol–water partition coefficient (Wildman–Crippen LogP) is 3.80. The molecule has 0 unspecified atom stereocenters. The van der Waals surface area contributed by atoms with Crippen LogP contribution in [0, 0.1) is 13.8 Å². The molecule has 2 amide bonds. The second-order valence-corrected chi connectivity index (χ2v) is 8.83. The van der Waals surface area contributed by atoms with Crippen molar-refractivity contribution in [1.29, 1.82) is 0 Å². The van der Waals surface area contributed by atoms with Crippen LogP contribution in [-0.4, -0.2) is 52.8 Å². The van der Waals surface area contributed by atoms with Crippen molar-refractivity contribution in [3.63, 3.8) is 0 Å². The first-order valence-corrected chi connectivity index (χ1v) is 11.7. The Bertz CT molecular complexity index is 1250. The summed E-state index contributed by atoms with van der Waals surface area (Å²) < 4.78 is 0. The largest absolute Gasteiger partial charge is 0.368 e. The molecule has 0 aliphatic carbocycles. The molecule has 172 valence electrons. The van der Waals surface area contributed by atoms with E-state index in [-0.39, 0.29) is 18.4 Å². The van der Waals surface area contributed by atoms with Crippen molar-refractivity contribution in [2.45, 2.75) is 20.4 Å². The topological polar surface area (TPSA) is 56.8 Å². The molecule has 0 saturated carbocycles. The van der Waals surface area contributed by atoms with Crippen LogP contribution in [0.25, 0.3) is 5.57 Å². The van der Waals surface area contributed by atoms with Gasteiger partial charge in [-0.3, -0.25) is 19.5 Å². The molecule has 3 aromatic rings. The molecule has 2 aromatic carbocycles. The minimum Gasteiger partial charge on any atom is -0.368 e. The first kappa shape index (κ1) is 21.9. The van der Waals surface area contributed by atoms with Gasteiger partial charge in [0.15, 0.2) is 0 Å².